The molecule has 3 aromatic rings. The molecule has 0 fully saturated rings. The molecule has 0 saturated carbocycles. The molecule has 0 radical (unpaired) electrons. The smallest absolute Gasteiger partial charge is 0.235 e. The highest BCUT2D eigenvalue weighted by Crippen LogP contribution is 2.44. The van der Waals surface area contributed by atoms with E-state index in [0.717, 1.165) is 28.3 Å². The molecule has 27 heavy (non-hydrogen) atoms. The SMILES string of the molecule is COc1ccc(C2SCC(=O)Nc3c2c(C)nn3-c2cccc(Cl)c2)cc1. The van der Waals surface area contributed by atoms with Crippen LogP contribution >= 0.6 is 23.4 Å². The molecular weight excluding hydrogens is 382 g/mol. The first kappa shape index (κ1) is 17.9. The minimum atomic E-state index is -0.0413. The van der Waals surface area contributed by atoms with E-state index in [1.165, 1.54) is 0 Å². The number of ether oxygens (including phenoxy) is 1. The standard InChI is InChI=1S/C20H18ClN3O2S/c1-12-18-19(13-6-8-16(26-2)9-7-13)27-11-17(25)22-20(18)24(23-12)15-5-3-4-14(21)10-15/h3-10,19H,11H2,1-2H3,(H,22,25). The van der Waals surface area contributed by atoms with Crippen LogP contribution < -0.4 is 10.1 Å². The van der Waals surface area contributed by atoms with E-state index < -0.39 is 0 Å². The molecule has 4 rings (SSSR count). The fraction of sp³-hybridized carbons (Fsp3) is 0.200. The lowest BCUT2D eigenvalue weighted by molar-refractivity contribution is -0.113. The summed E-state index contributed by atoms with van der Waals surface area (Å²) in [5.74, 6) is 1.84. The number of benzene rings is 2. The Kier molecular flexibility index (Phi) is 4.85. The summed E-state index contributed by atoms with van der Waals surface area (Å²) >= 11 is 7.75. The fourth-order valence-electron chi connectivity index (χ4n) is 3.22. The number of carbonyl (C=O) groups excluding carboxylic acids is 1. The second kappa shape index (κ2) is 7.29. The minimum absolute atomic E-state index is 0.00205. The Labute approximate surface area is 166 Å². The lowest BCUT2D eigenvalue weighted by Gasteiger charge is -2.16. The predicted molar refractivity (Wildman–Crippen MR) is 109 cm³/mol. The lowest BCUT2D eigenvalue weighted by Crippen LogP contribution is -2.15. The number of aromatic nitrogens is 2. The van der Waals surface area contributed by atoms with E-state index in [2.05, 4.69) is 5.32 Å². The highest BCUT2D eigenvalue weighted by molar-refractivity contribution is 8.00. The van der Waals surface area contributed by atoms with Gasteiger partial charge in [0.2, 0.25) is 5.91 Å². The molecule has 1 aliphatic heterocycles. The molecule has 7 heteroatoms. The van der Waals surface area contributed by atoms with Crippen molar-refractivity contribution in [3.63, 3.8) is 0 Å². The number of thioether (sulfide) groups is 1. The van der Waals surface area contributed by atoms with Gasteiger partial charge in [0.15, 0.2) is 0 Å². The van der Waals surface area contributed by atoms with Crippen molar-refractivity contribution in [2.75, 3.05) is 18.2 Å². The molecule has 2 aromatic carbocycles. The van der Waals surface area contributed by atoms with Crippen LogP contribution in [-0.4, -0.2) is 28.6 Å². The van der Waals surface area contributed by atoms with E-state index in [1.807, 2.05) is 55.5 Å². The molecule has 1 amide bonds. The fourth-order valence-corrected chi connectivity index (χ4v) is 4.59. The number of anilines is 1. The zero-order valence-corrected chi connectivity index (χ0v) is 16.5. The number of amides is 1. The van der Waals surface area contributed by atoms with Gasteiger partial charge in [0, 0.05) is 10.6 Å². The zero-order valence-electron chi connectivity index (χ0n) is 14.9. The van der Waals surface area contributed by atoms with Crippen LogP contribution in [0, 0.1) is 6.92 Å². The Morgan fingerprint density at radius 2 is 2.04 bits per heavy atom. The largest absolute Gasteiger partial charge is 0.497 e. The van der Waals surface area contributed by atoms with Gasteiger partial charge in [-0.25, -0.2) is 4.68 Å². The molecule has 5 nitrogen and oxygen atoms in total. The Morgan fingerprint density at radius 3 is 2.74 bits per heavy atom. The van der Waals surface area contributed by atoms with Gasteiger partial charge in [0.05, 0.1) is 29.5 Å². The molecule has 0 spiro atoms. The van der Waals surface area contributed by atoms with E-state index in [-0.39, 0.29) is 11.2 Å². The van der Waals surface area contributed by atoms with Crippen LogP contribution in [0.1, 0.15) is 22.1 Å². The second-order valence-electron chi connectivity index (χ2n) is 6.25. The summed E-state index contributed by atoms with van der Waals surface area (Å²) in [5, 5.41) is 8.34. The van der Waals surface area contributed by atoms with Crippen LogP contribution in [0.5, 0.6) is 5.75 Å². The normalized spacial score (nSPS) is 16.4. The minimum Gasteiger partial charge on any atom is -0.497 e. The number of hydrogen-bond acceptors (Lipinski definition) is 4. The number of nitrogens with one attached hydrogen (secondary N) is 1. The number of methoxy groups -OCH3 is 1. The van der Waals surface area contributed by atoms with Crippen molar-refractivity contribution in [2.45, 2.75) is 12.2 Å². The van der Waals surface area contributed by atoms with Gasteiger partial charge in [-0.05, 0) is 42.8 Å². The Bertz CT molecular complexity index is 1000. The van der Waals surface area contributed by atoms with Gasteiger partial charge in [0.25, 0.3) is 0 Å². The van der Waals surface area contributed by atoms with Crippen molar-refractivity contribution in [3.05, 3.63) is 70.4 Å². The first-order valence-corrected chi connectivity index (χ1v) is 9.90. The van der Waals surface area contributed by atoms with Crippen LogP contribution in [-0.2, 0) is 4.79 Å². The molecule has 1 atom stereocenters. The first-order chi connectivity index (χ1) is 13.1. The Morgan fingerprint density at radius 1 is 1.26 bits per heavy atom. The zero-order chi connectivity index (χ0) is 19.0. The predicted octanol–water partition coefficient (Wildman–Crippen LogP) is 4.62. The van der Waals surface area contributed by atoms with Gasteiger partial charge in [-0.3, -0.25) is 4.79 Å². The summed E-state index contributed by atoms with van der Waals surface area (Å²) in [6.45, 7) is 1.97. The first-order valence-electron chi connectivity index (χ1n) is 8.47. The van der Waals surface area contributed by atoms with E-state index in [0.29, 0.717) is 16.6 Å². The number of halogens is 1. The summed E-state index contributed by atoms with van der Waals surface area (Å²) in [6, 6.07) is 15.4. The molecule has 0 aliphatic carbocycles. The molecule has 1 unspecified atom stereocenters. The Hall–Kier alpha value is -2.44. The molecule has 1 aromatic heterocycles. The van der Waals surface area contributed by atoms with Gasteiger partial charge in [-0.1, -0.05) is 29.8 Å². The molecule has 1 aliphatic rings. The summed E-state index contributed by atoms with van der Waals surface area (Å²) < 4.78 is 7.02. The third kappa shape index (κ3) is 3.42. The number of carbonyl (C=O) groups is 1. The van der Waals surface area contributed by atoms with Crippen LogP contribution in [0.25, 0.3) is 5.69 Å². The van der Waals surface area contributed by atoms with Crippen LogP contribution in [0.3, 0.4) is 0 Å². The van der Waals surface area contributed by atoms with E-state index >= 15 is 0 Å². The van der Waals surface area contributed by atoms with Gasteiger partial charge in [0.1, 0.15) is 11.6 Å². The summed E-state index contributed by atoms with van der Waals surface area (Å²) in [7, 11) is 1.65. The van der Waals surface area contributed by atoms with Crippen molar-refractivity contribution in [3.8, 4) is 11.4 Å². The van der Waals surface area contributed by atoms with Gasteiger partial charge >= 0.3 is 0 Å². The lowest BCUT2D eigenvalue weighted by atomic mass is 10.0. The average Bonchev–Trinajstić information content (AvgIpc) is 2.88. The molecule has 1 N–H and O–H groups in total. The van der Waals surface area contributed by atoms with E-state index in [4.69, 9.17) is 21.4 Å². The van der Waals surface area contributed by atoms with Crippen LogP contribution in [0.2, 0.25) is 5.02 Å². The van der Waals surface area contributed by atoms with E-state index in [1.54, 1.807) is 23.6 Å². The number of fused-ring (bicyclic) bond motifs is 1. The highest BCUT2D eigenvalue weighted by Gasteiger charge is 2.30. The van der Waals surface area contributed by atoms with Crippen molar-refractivity contribution in [1.82, 2.24) is 9.78 Å². The summed E-state index contributed by atoms with van der Waals surface area (Å²) in [4.78, 5) is 12.4. The monoisotopic (exact) mass is 399 g/mol. The molecular formula is C20H18ClN3O2S. The molecule has 0 bridgehead atoms. The maximum Gasteiger partial charge on any atom is 0.235 e. The molecule has 0 saturated heterocycles. The highest BCUT2D eigenvalue weighted by atomic mass is 35.5. The van der Waals surface area contributed by atoms with Crippen molar-refractivity contribution in [1.29, 1.82) is 0 Å². The summed E-state index contributed by atoms with van der Waals surface area (Å²) in [5.41, 5.74) is 3.80. The van der Waals surface area contributed by atoms with Crippen LogP contribution in [0.4, 0.5) is 5.82 Å². The molecule has 2 heterocycles. The number of hydrogen-bond donors (Lipinski definition) is 1. The number of nitrogens with zero attached hydrogens (tertiary/aromatic N) is 2. The maximum absolute atomic E-state index is 12.4. The second-order valence-corrected chi connectivity index (χ2v) is 7.78. The van der Waals surface area contributed by atoms with E-state index in [9.17, 15) is 4.79 Å². The van der Waals surface area contributed by atoms with Crippen molar-refractivity contribution >= 4 is 35.1 Å². The third-order valence-corrected chi connectivity index (χ3v) is 5.98. The number of aryl methyl sites for hydroxylation is 1. The number of rotatable bonds is 3. The van der Waals surface area contributed by atoms with Gasteiger partial charge < -0.3 is 10.1 Å². The van der Waals surface area contributed by atoms with Gasteiger partial charge in [-0.2, -0.15) is 5.10 Å². The maximum atomic E-state index is 12.4. The topological polar surface area (TPSA) is 56.1 Å². The Balaban J connectivity index is 1.86. The average molecular weight is 400 g/mol. The molecule has 138 valence electrons. The summed E-state index contributed by atoms with van der Waals surface area (Å²) in [6.07, 6.45) is 0. The van der Waals surface area contributed by atoms with Crippen molar-refractivity contribution < 1.29 is 9.53 Å². The van der Waals surface area contributed by atoms with Gasteiger partial charge in [-0.15, -0.1) is 11.8 Å². The van der Waals surface area contributed by atoms with Crippen molar-refractivity contribution in [2.24, 2.45) is 0 Å². The van der Waals surface area contributed by atoms with Crippen LogP contribution in [0.15, 0.2) is 48.5 Å². The third-order valence-electron chi connectivity index (χ3n) is 4.48. The quantitative estimate of drug-likeness (QED) is 0.698.